The highest BCUT2D eigenvalue weighted by Gasteiger charge is 2.39. The summed E-state index contributed by atoms with van der Waals surface area (Å²) in [5, 5.41) is 3.18. The van der Waals surface area contributed by atoms with Crippen molar-refractivity contribution in [2.24, 2.45) is 0 Å². The summed E-state index contributed by atoms with van der Waals surface area (Å²) in [5.41, 5.74) is 2.01. The number of unbranched alkanes of at least 4 members (excludes halogenated alkanes) is 1. The van der Waals surface area contributed by atoms with Gasteiger partial charge in [0.15, 0.2) is 0 Å². The van der Waals surface area contributed by atoms with Gasteiger partial charge in [-0.05, 0) is 37.5 Å². The number of rotatable bonds is 12. The molecule has 0 spiro atoms. The fourth-order valence-electron chi connectivity index (χ4n) is 3.43. The number of nitrogens with one attached hydrogen (secondary N) is 1. The highest BCUT2D eigenvalue weighted by atomic mass is 16.5. The molecule has 3 rings (SSSR count). The van der Waals surface area contributed by atoms with E-state index in [1.165, 1.54) is 4.90 Å². The number of para-hydroxylation sites is 2. The molecule has 1 aliphatic heterocycles. The molecule has 0 fully saturated rings. The molecule has 1 N–H and O–H groups in total. The summed E-state index contributed by atoms with van der Waals surface area (Å²) in [5.74, 6) is 0.0118. The molecule has 0 aromatic heterocycles. The van der Waals surface area contributed by atoms with Gasteiger partial charge in [0.05, 0.1) is 17.9 Å². The maximum Gasteiger partial charge on any atom is 0.278 e. The number of carbonyl (C=O) groups is 2. The van der Waals surface area contributed by atoms with Crippen LogP contribution in [0.5, 0.6) is 5.75 Å². The largest absolute Gasteiger partial charge is 0.492 e. The molecule has 2 aromatic carbocycles. The average molecular weight is 423 g/mol. The average Bonchev–Trinajstić information content (AvgIpc) is 3.02. The number of nitrogens with zero attached hydrogens (tertiary/aromatic N) is 1. The van der Waals surface area contributed by atoms with Crippen LogP contribution in [0.25, 0.3) is 5.57 Å². The first-order chi connectivity index (χ1) is 15.2. The van der Waals surface area contributed by atoms with Crippen LogP contribution in [-0.4, -0.2) is 43.1 Å². The Balaban J connectivity index is 1.83. The van der Waals surface area contributed by atoms with E-state index in [0.717, 1.165) is 12.8 Å². The Hall–Kier alpha value is -3.12. The second kappa shape index (κ2) is 11.3. The van der Waals surface area contributed by atoms with Crippen molar-refractivity contribution < 1.29 is 19.1 Å². The van der Waals surface area contributed by atoms with Crippen LogP contribution in [0.1, 0.15) is 38.7 Å². The van der Waals surface area contributed by atoms with Gasteiger partial charge in [0.1, 0.15) is 11.4 Å². The number of carbonyl (C=O) groups excluding carboxylic acids is 2. The summed E-state index contributed by atoms with van der Waals surface area (Å²) in [4.78, 5) is 27.8. The third-order valence-electron chi connectivity index (χ3n) is 4.99. The van der Waals surface area contributed by atoms with Crippen molar-refractivity contribution in [2.45, 2.75) is 33.1 Å². The molecule has 164 valence electrons. The van der Waals surface area contributed by atoms with Gasteiger partial charge in [0.25, 0.3) is 11.8 Å². The van der Waals surface area contributed by atoms with E-state index in [1.54, 1.807) is 0 Å². The fraction of sp³-hybridized carbons (Fsp3) is 0.360. The van der Waals surface area contributed by atoms with Crippen molar-refractivity contribution in [3.63, 3.8) is 0 Å². The predicted molar refractivity (Wildman–Crippen MR) is 122 cm³/mol. The van der Waals surface area contributed by atoms with Crippen molar-refractivity contribution >= 4 is 23.1 Å². The smallest absolute Gasteiger partial charge is 0.278 e. The normalized spacial score (nSPS) is 13.8. The molecule has 0 bridgehead atoms. The minimum Gasteiger partial charge on any atom is -0.492 e. The van der Waals surface area contributed by atoms with Gasteiger partial charge in [0, 0.05) is 19.8 Å². The molecule has 0 radical (unpaired) electrons. The summed E-state index contributed by atoms with van der Waals surface area (Å²) >= 11 is 0. The lowest BCUT2D eigenvalue weighted by atomic mass is 10.0. The zero-order chi connectivity index (χ0) is 22.1. The van der Waals surface area contributed by atoms with Gasteiger partial charge in [-0.3, -0.25) is 14.5 Å². The summed E-state index contributed by atoms with van der Waals surface area (Å²) in [6, 6.07) is 16.7. The molecule has 6 heteroatoms. The van der Waals surface area contributed by atoms with E-state index in [-0.39, 0.29) is 17.5 Å². The lowest BCUT2D eigenvalue weighted by molar-refractivity contribution is -0.137. The topological polar surface area (TPSA) is 67.9 Å². The summed E-state index contributed by atoms with van der Waals surface area (Å²) < 4.78 is 11.3. The molecule has 0 saturated heterocycles. The molecule has 0 atom stereocenters. The van der Waals surface area contributed by atoms with Crippen LogP contribution in [0.15, 0.2) is 60.3 Å². The Kier molecular flexibility index (Phi) is 8.24. The molecule has 1 heterocycles. The van der Waals surface area contributed by atoms with Crippen molar-refractivity contribution in [1.29, 1.82) is 0 Å². The zero-order valence-corrected chi connectivity index (χ0v) is 18.2. The van der Waals surface area contributed by atoms with Gasteiger partial charge < -0.3 is 14.8 Å². The number of hydrogen-bond donors (Lipinski definition) is 1. The minimum absolute atomic E-state index is 0.273. The number of imide groups is 1. The van der Waals surface area contributed by atoms with Crippen LogP contribution >= 0.6 is 0 Å². The van der Waals surface area contributed by atoms with E-state index in [1.807, 2.05) is 61.5 Å². The second-order valence-corrected chi connectivity index (χ2v) is 7.25. The molecule has 31 heavy (non-hydrogen) atoms. The minimum atomic E-state index is -0.330. The molecular weight excluding hydrogens is 392 g/mol. The Morgan fingerprint density at radius 2 is 1.58 bits per heavy atom. The third-order valence-corrected chi connectivity index (χ3v) is 4.99. The standard InChI is InChI=1S/C25H30N2O4/c1-3-5-17-30-18-11-16-27-24(28)22(19-12-7-6-8-13-19)23(25(27)29)26-20-14-9-10-15-21(20)31-4-2/h6-10,12-15,26H,3-5,11,16-18H2,1-2H3. The van der Waals surface area contributed by atoms with Crippen LogP contribution in [0.3, 0.4) is 0 Å². The van der Waals surface area contributed by atoms with Crippen molar-refractivity contribution in [3.05, 3.63) is 65.9 Å². The van der Waals surface area contributed by atoms with E-state index in [4.69, 9.17) is 9.47 Å². The van der Waals surface area contributed by atoms with Crippen LogP contribution in [0.4, 0.5) is 5.69 Å². The molecule has 2 aromatic rings. The number of amides is 2. The lowest BCUT2D eigenvalue weighted by Gasteiger charge is -2.16. The monoisotopic (exact) mass is 422 g/mol. The third kappa shape index (κ3) is 5.52. The second-order valence-electron chi connectivity index (χ2n) is 7.25. The van der Waals surface area contributed by atoms with E-state index in [0.29, 0.717) is 55.4 Å². The highest BCUT2D eigenvalue weighted by molar-refractivity contribution is 6.36. The van der Waals surface area contributed by atoms with Crippen LogP contribution in [0.2, 0.25) is 0 Å². The molecule has 1 aliphatic rings. The summed E-state index contributed by atoms with van der Waals surface area (Å²) in [7, 11) is 0. The van der Waals surface area contributed by atoms with Gasteiger partial charge in [-0.1, -0.05) is 55.8 Å². The first-order valence-corrected chi connectivity index (χ1v) is 10.9. The van der Waals surface area contributed by atoms with Crippen molar-refractivity contribution in [2.75, 3.05) is 31.7 Å². The fourth-order valence-corrected chi connectivity index (χ4v) is 3.43. The van der Waals surface area contributed by atoms with E-state index < -0.39 is 0 Å². The Morgan fingerprint density at radius 3 is 2.32 bits per heavy atom. The Labute approximate surface area is 183 Å². The van der Waals surface area contributed by atoms with Gasteiger partial charge >= 0.3 is 0 Å². The quantitative estimate of drug-likeness (QED) is 0.403. The van der Waals surface area contributed by atoms with E-state index >= 15 is 0 Å². The number of anilines is 1. The van der Waals surface area contributed by atoms with Gasteiger partial charge in [-0.2, -0.15) is 0 Å². The maximum atomic E-state index is 13.2. The number of ether oxygens (including phenoxy) is 2. The van der Waals surface area contributed by atoms with Crippen LogP contribution in [0, 0.1) is 0 Å². The Morgan fingerprint density at radius 1 is 0.871 bits per heavy atom. The first-order valence-electron chi connectivity index (χ1n) is 10.9. The Bertz CT molecular complexity index is 924. The zero-order valence-electron chi connectivity index (χ0n) is 18.2. The summed E-state index contributed by atoms with van der Waals surface area (Å²) in [6.07, 6.45) is 2.69. The number of benzene rings is 2. The van der Waals surface area contributed by atoms with E-state index in [2.05, 4.69) is 12.2 Å². The molecule has 0 unspecified atom stereocenters. The van der Waals surface area contributed by atoms with Gasteiger partial charge in [-0.25, -0.2) is 0 Å². The molecule has 2 amide bonds. The van der Waals surface area contributed by atoms with Crippen molar-refractivity contribution in [1.82, 2.24) is 4.90 Å². The SMILES string of the molecule is CCCCOCCCN1C(=O)C(Nc2ccccc2OCC)=C(c2ccccc2)C1=O. The van der Waals surface area contributed by atoms with E-state index in [9.17, 15) is 9.59 Å². The first kappa shape index (κ1) is 22.6. The molecule has 0 aliphatic carbocycles. The molecule has 6 nitrogen and oxygen atoms in total. The van der Waals surface area contributed by atoms with Gasteiger partial charge in [-0.15, -0.1) is 0 Å². The highest BCUT2D eigenvalue weighted by Crippen LogP contribution is 2.33. The van der Waals surface area contributed by atoms with Crippen LogP contribution in [-0.2, 0) is 14.3 Å². The molecule has 0 saturated carbocycles. The lowest BCUT2D eigenvalue weighted by Crippen LogP contribution is -2.34. The van der Waals surface area contributed by atoms with Crippen molar-refractivity contribution in [3.8, 4) is 5.75 Å². The van der Waals surface area contributed by atoms with Crippen LogP contribution < -0.4 is 10.1 Å². The predicted octanol–water partition coefficient (Wildman–Crippen LogP) is 4.48. The number of hydrogen-bond acceptors (Lipinski definition) is 5. The molecular formula is C25H30N2O4. The maximum absolute atomic E-state index is 13.2. The van der Waals surface area contributed by atoms with Gasteiger partial charge in [0.2, 0.25) is 0 Å². The summed E-state index contributed by atoms with van der Waals surface area (Å²) in [6.45, 7) is 6.05.